The number of carbonyl (C=O) groups is 1. The number of phenols is 1. The van der Waals surface area contributed by atoms with Gasteiger partial charge in [-0.05, 0) is 36.4 Å². The van der Waals surface area contributed by atoms with Crippen molar-refractivity contribution in [1.29, 1.82) is 0 Å². The second-order valence-electron chi connectivity index (χ2n) is 5.40. The Labute approximate surface area is 140 Å². The number of rotatable bonds is 2. The lowest BCUT2D eigenvalue weighted by Gasteiger charge is -2.36. The first-order chi connectivity index (χ1) is 11.1. The maximum Gasteiger partial charge on any atom is 0.321 e. The topological polar surface area (TPSA) is 55.8 Å². The molecule has 0 saturated carbocycles. The van der Waals surface area contributed by atoms with Crippen molar-refractivity contribution in [3.05, 3.63) is 53.6 Å². The molecule has 6 heteroatoms. The molecule has 1 aliphatic rings. The van der Waals surface area contributed by atoms with E-state index in [1.807, 2.05) is 12.1 Å². The van der Waals surface area contributed by atoms with Crippen LogP contribution in [0.1, 0.15) is 0 Å². The average molecular weight is 332 g/mol. The van der Waals surface area contributed by atoms with Crippen molar-refractivity contribution in [2.75, 3.05) is 36.4 Å². The smallest absolute Gasteiger partial charge is 0.321 e. The Bertz CT molecular complexity index is 682. The zero-order valence-electron chi connectivity index (χ0n) is 12.6. The van der Waals surface area contributed by atoms with Crippen LogP contribution in [-0.2, 0) is 0 Å². The number of amides is 2. The second kappa shape index (κ2) is 6.79. The SMILES string of the molecule is O=C(Nc1ccc(Cl)cc1)N1CCN(c2ccccc2O)CC1. The van der Waals surface area contributed by atoms with Gasteiger partial charge in [0.2, 0.25) is 0 Å². The van der Waals surface area contributed by atoms with Gasteiger partial charge in [-0.2, -0.15) is 0 Å². The van der Waals surface area contributed by atoms with Crippen LogP contribution >= 0.6 is 11.6 Å². The third-order valence-electron chi connectivity index (χ3n) is 3.88. The first-order valence-electron chi connectivity index (χ1n) is 7.48. The van der Waals surface area contributed by atoms with Gasteiger partial charge in [0.1, 0.15) is 5.75 Å². The molecular formula is C17H18ClN3O2. The summed E-state index contributed by atoms with van der Waals surface area (Å²) in [5.41, 5.74) is 1.53. The summed E-state index contributed by atoms with van der Waals surface area (Å²) in [7, 11) is 0. The zero-order valence-corrected chi connectivity index (χ0v) is 13.3. The number of urea groups is 1. The predicted molar refractivity (Wildman–Crippen MR) is 92.4 cm³/mol. The number of aromatic hydroxyl groups is 1. The van der Waals surface area contributed by atoms with Crippen LogP contribution in [0, 0.1) is 0 Å². The molecule has 120 valence electrons. The van der Waals surface area contributed by atoms with Crippen molar-refractivity contribution in [2.45, 2.75) is 0 Å². The molecule has 2 N–H and O–H groups in total. The fraction of sp³-hybridized carbons (Fsp3) is 0.235. The first kappa shape index (κ1) is 15.5. The zero-order chi connectivity index (χ0) is 16.2. The monoisotopic (exact) mass is 331 g/mol. The number of halogens is 1. The predicted octanol–water partition coefficient (Wildman–Crippen LogP) is 3.40. The van der Waals surface area contributed by atoms with E-state index in [9.17, 15) is 9.90 Å². The van der Waals surface area contributed by atoms with Crippen LogP contribution < -0.4 is 10.2 Å². The molecule has 5 nitrogen and oxygen atoms in total. The summed E-state index contributed by atoms with van der Waals surface area (Å²) in [6, 6.07) is 14.2. The van der Waals surface area contributed by atoms with E-state index in [-0.39, 0.29) is 11.8 Å². The second-order valence-corrected chi connectivity index (χ2v) is 5.84. The summed E-state index contributed by atoms with van der Waals surface area (Å²) in [5, 5.41) is 13.4. The van der Waals surface area contributed by atoms with Gasteiger partial charge in [-0.3, -0.25) is 0 Å². The largest absolute Gasteiger partial charge is 0.506 e. The van der Waals surface area contributed by atoms with Gasteiger partial charge in [-0.15, -0.1) is 0 Å². The highest BCUT2D eigenvalue weighted by Gasteiger charge is 2.22. The Morgan fingerprint density at radius 1 is 1.00 bits per heavy atom. The lowest BCUT2D eigenvalue weighted by molar-refractivity contribution is 0.208. The Morgan fingerprint density at radius 3 is 2.30 bits per heavy atom. The minimum Gasteiger partial charge on any atom is -0.506 e. The highest BCUT2D eigenvalue weighted by molar-refractivity contribution is 6.30. The van der Waals surface area contributed by atoms with Crippen molar-refractivity contribution in [3.63, 3.8) is 0 Å². The molecule has 1 fully saturated rings. The van der Waals surface area contributed by atoms with Gasteiger partial charge in [0.05, 0.1) is 5.69 Å². The summed E-state index contributed by atoms with van der Waals surface area (Å²) in [5.74, 6) is 0.270. The van der Waals surface area contributed by atoms with Gasteiger partial charge in [0, 0.05) is 36.9 Å². The molecule has 0 aromatic heterocycles. The molecule has 0 unspecified atom stereocenters. The molecule has 2 aromatic rings. The maximum absolute atomic E-state index is 12.3. The molecule has 3 rings (SSSR count). The molecule has 0 bridgehead atoms. The molecule has 2 amide bonds. The van der Waals surface area contributed by atoms with Gasteiger partial charge in [0.25, 0.3) is 0 Å². The van der Waals surface area contributed by atoms with Crippen LogP contribution in [0.2, 0.25) is 5.02 Å². The summed E-state index contributed by atoms with van der Waals surface area (Å²) in [6.07, 6.45) is 0. The van der Waals surface area contributed by atoms with Crippen molar-refractivity contribution >= 4 is 29.0 Å². The number of phenolic OH excluding ortho intramolecular Hbond substituents is 1. The number of hydrogen-bond donors (Lipinski definition) is 2. The molecule has 0 aliphatic carbocycles. The van der Waals surface area contributed by atoms with E-state index >= 15 is 0 Å². The van der Waals surface area contributed by atoms with Crippen LogP contribution in [0.5, 0.6) is 5.75 Å². The lowest BCUT2D eigenvalue weighted by Crippen LogP contribution is -2.50. The van der Waals surface area contributed by atoms with E-state index < -0.39 is 0 Å². The van der Waals surface area contributed by atoms with Crippen molar-refractivity contribution < 1.29 is 9.90 Å². The maximum atomic E-state index is 12.3. The number of nitrogens with one attached hydrogen (secondary N) is 1. The van der Waals surface area contributed by atoms with E-state index in [1.54, 1.807) is 41.3 Å². The highest BCUT2D eigenvalue weighted by atomic mass is 35.5. The number of piperazine rings is 1. The normalized spacial score (nSPS) is 14.7. The summed E-state index contributed by atoms with van der Waals surface area (Å²) in [4.78, 5) is 16.1. The van der Waals surface area contributed by atoms with Crippen molar-refractivity contribution in [1.82, 2.24) is 4.90 Å². The molecule has 1 saturated heterocycles. The van der Waals surface area contributed by atoms with E-state index in [1.165, 1.54) is 0 Å². The van der Waals surface area contributed by atoms with Crippen molar-refractivity contribution in [2.24, 2.45) is 0 Å². The number of anilines is 2. The molecule has 0 radical (unpaired) electrons. The molecule has 23 heavy (non-hydrogen) atoms. The third kappa shape index (κ3) is 3.68. The van der Waals surface area contributed by atoms with Gasteiger partial charge in [0.15, 0.2) is 0 Å². The van der Waals surface area contributed by atoms with Gasteiger partial charge < -0.3 is 20.2 Å². The Hall–Kier alpha value is -2.40. The van der Waals surface area contributed by atoms with Crippen LogP contribution in [0.25, 0.3) is 0 Å². The quantitative estimate of drug-likeness (QED) is 0.886. The molecule has 2 aromatic carbocycles. The lowest BCUT2D eigenvalue weighted by atomic mass is 10.2. The molecule has 1 aliphatic heterocycles. The van der Waals surface area contributed by atoms with Gasteiger partial charge in [-0.1, -0.05) is 23.7 Å². The fourth-order valence-corrected chi connectivity index (χ4v) is 2.74. The molecule has 0 spiro atoms. The van der Waals surface area contributed by atoms with E-state index in [2.05, 4.69) is 10.2 Å². The third-order valence-corrected chi connectivity index (χ3v) is 4.14. The standard InChI is InChI=1S/C17H18ClN3O2/c18-13-5-7-14(8-6-13)19-17(23)21-11-9-20(10-12-21)15-3-1-2-4-16(15)22/h1-8,22H,9-12H2,(H,19,23). The van der Waals surface area contributed by atoms with Crippen LogP contribution in [-0.4, -0.2) is 42.2 Å². The number of benzene rings is 2. The summed E-state index contributed by atoms with van der Waals surface area (Å²) < 4.78 is 0. The Morgan fingerprint density at radius 2 is 1.65 bits per heavy atom. The van der Waals surface area contributed by atoms with Crippen LogP contribution in [0.4, 0.5) is 16.2 Å². The Balaban J connectivity index is 1.57. The van der Waals surface area contributed by atoms with E-state index in [0.29, 0.717) is 31.2 Å². The first-order valence-corrected chi connectivity index (χ1v) is 7.86. The minimum absolute atomic E-state index is 0.121. The average Bonchev–Trinajstić information content (AvgIpc) is 2.57. The highest BCUT2D eigenvalue weighted by Crippen LogP contribution is 2.27. The minimum atomic E-state index is -0.121. The molecule has 1 heterocycles. The van der Waals surface area contributed by atoms with Crippen LogP contribution in [0.15, 0.2) is 48.5 Å². The van der Waals surface area contributed by atoms with Gasteiger partial charge in [-0.25, -0.2) is 4.79 Å². The summed E-state index contributed by atoms with van der Waals surface area (Å²) in [6.45, 7) is 2.58. The number of hydrogen-bond acceptors (Lipinski definition) is 3. The number of nitrogens with zero attached hydrogens (tertiary/aromatic N) is 2. The number of para-hydroxylation sites is 2. The van der Waals surface area contributed by atoms with E-state index in [0.717, 1.165) is 11.4 Å². The number of carbonyl (C=O) groups excluding carboxylic acids is 1. The van der Waals surface area contributed by atoms with Crippen molar-refractivity contribution in [3.8, 4) is 5.75 Å². The van der Waals surface area contributed by atoms with E-state index in [4.69, 9.17) is 11.6 Å². The van der Waals surface area contributed by atoms with Gasteiger partial charge >= 0.3 is 6.03 Å². The Kier molecular flexibility index (Phi) is 4.57. The molecular weight excluding hydrogens is 314 g/mol. The summed E-state index contributed by atoms with van der Waals surface area (Å²) >= 11 is 5.83. The molecule has 0 atom stereocenters. The fourth-order valence-electron chi connectivity index (χ4n) is 2.62. The van der Waals surface area contributed by atoms with Crippen LogP contribution in [0.3, 0.4) is 0 Å².